The minimum Gasteiger partial charge on any atom is -0.493 e. The Hall–Kier alpha value is -3.02. The van der Waals surface area contributed by atoms with Crippen molar-refractivity contribution in [1.29, 1.82) is 0 Å². The quantitative estimate of drug-likeness (QED) is 0.747. The Balaban J connectivity index is 1.62. The molecule has 0 bridgehead atoms. The molecule has 6 heteroatoms. The van der Waals surface area contributed by atoms with E-state index in [2.05, 4.69) is 5.32 Å². The highest BCUT2D eigenvalue weighted by molar-refractivity contribution is 5.89. The smallest absolute Gasteiger partial charge is 0.307 e. The molecule has 2 aromatic rings. The van der Waals surface area contributed by atoms with Crippen LogP contribution in [0.15, 0.2) is 48.5 Å². The second-order valence-corrected chi connectivity index (χ2v) is 6.70. The third kappa shape index (κ3) is 4.58. The highest BCUT2D eigenvalue weighted by Crippen LogP contribution is 2.39. The zero-order valence-electron chi connectivity index (χ0n) is 15.3. The maximum absolute atomic E-state index is 12.2. The number of carbonyl (C=O) groups is 2. The van der Waals surface area contributed by atoms with Crippen molar-refractivity contribution in [2.45, 2.75) is 26.0 Å². The molecular formula is C21H23NO5. The van der Waals surface area contributed by atoms with Crippen LogP contribution in [0.1, 0.15) is 30.5 Å². The Morgan fingerprint density at radius 1 is 1.15 bits per heavy atom. The van der Waals surface area contributed by atoms with Crippen LogP contribution in [0.4, 0.5) is 0 Å². The van der Waals surface area contributed by atoms with Crippen LogP contribution in [0.3, 0.4) is 0 Å². The molecule has 2 aromatic carbocycles. The molecule has 1 aliphatic rings. The van der Waals surface area contributed by atoms with Crippen molar-refractivity contribution in [3.8, 4) is 11.5 Å². The topological polar surface area (TPSA) is 84.9 Å². The lowest BCUT2D eigenvalue weighted by molar-refractivity contribution is -0.140. The van der Waals surface area contributed by atoms with E-state index in [1.807, 2.05) is 55.5 Å². The van der Waals surface area contributed by atoms with Crippen LogP contribution in [0.5, 0.6) is 11.5 Å². The first-order valence-electron chi connectivity index (χ1n) is 8.87. The molecule has 142 valence electrons. The number of hydrogen-bond donors (Lipinski definition) is 2. The SMILES string of the molecule is COc1cc(C(C)NC(=O)C2CC2C(=O)O)ccc1OCc1ccccc1. The number of nitrogens with one attached hydrogen (secondary N) is 1. The second-order valence-electron chi connectivity index (χ2n) is 6.70. The van der Waals surface area contributed by atoms with Gasteiger partial charge in [0, 0.05) is 0 Å². The predicted octanol–water partition coefficient (Wildman–Crippen LogP) is 3.17. The van der Waals surface area contributed by atoms with Gasteiger partial charge in [0.25, 0.3) is 0 Å². The largest absolute Gasteiger partial charge is 0.493 e. The van der Waals surface area contributed by atoms with Gasteiger partial charge in [-0.3, -0.25) is 9.59 Å². The first-order valence-corrected chi connectivity index (χ1v) is 8.87. The second kappa shape index (κ2) is 8.12. The van der Waals surface area contributed by atoms with Crippen LogP contribution in [0, 0.1) is 11.8 Å². The van der Waals surface area contributed by atoms with Crippen LogP contribution in [0.25, 0.3) is 0 Å². The third-order valence-corrected chi connectivity index (χ3v) is 4.73. The molecule has 1 saturated carbocycles. The normalized spacial score (nSPS) is 19.0. The van der Waals surface area contributed by atoms with Gasteiger partial charge in [-0.2, -0.15) is 0 Å². The number of methoxy groups -OCH3 is 1. The van der Waals surface area contributed by atoms with E-state index in [1.54, 1.807) is 7.11 Å². The first kappa shape index (κ1) is 18.8. The molecule has 1 fully saturated rings. The molecule has 0 aliphatic heterocycles. The maximum atomic E-state index is 12.2. The summed E-state index contributed by atoms with van der Waals surface area (Å²) >= 11 is 0. The Morgan fingerprint density at radius 2 is 1.89 bits per heavy atom. The van der Waals surface area contributed by atoms with Gasteiger partial charge in [-0.1, -0.05) is 36.4 Å². The summed E-state index contributed by atoms with van der Waals surface area (Å²) in [7, 11) is 1.57. The zero-order valence-corrected chi connectivity index (χ0v) is 15.3. The van der Waals surface area contributed by atoms with Gasteiger partial charge in [-0.15, -0.1) is 0 Å². The van der Waals surface area contributed by atoms with E-state index in [-0.39, 0.29) is 11.9 Å². The average molecular weight is 369 g/mol. The number of hydrogen-bond acceptors (Lipinski definition) is 4. The molecule has 0 spiro atoms. The molecule has 0 aromatic heterocycles. The van der Waals surface area contributed by atoms with E-state index in [4.69, 9.17) is 14.6 Å². The maximum Gasteiger partial charge on any atom is 0.307 e. The van der Waals surface area contributed by atoms with Crippen LogP contribution >= 0.6 is 0 Å². The van der Waals surface area contributed by atoms with Crippen LogP contribution in [-0.2, 0) is 16.2 Å². The lowest BCUT2D eigenvalue weighted by Crippen LogP contribution is -2.29. The number of aliphatic carboxylic acids is 1. The molecular weight excluding hydrogens is 346 g/mol. The van der Waals surface area contributed by atoms with Gasteiger partial charge in [0.1, 0.15) is 6.61 Å². The number of rotatable bonds is 8. The van der Waals surface area contributed by atoms with E-state index in [0.717, 1.165) is 11.1 Å². The van der Waals surface area contributed by atoms with Gasteiger partial charge in [-0.25, -0.2) is 0 Å². The fourth-order valence-corrected chi connectivity index (χ4v) is 2.97. The summed E-state index contributed by atoms with van der Waals surface area (Å²) in [5, 5.41) is 11.8. The van der Waals surface area contributed by atoms with Gasteiger partial charge >= 0.3 is 5.97 Å². The van der Waals surface area contributed by atoms with E-state index in [0.29, 0.717) is 24.5 Å². The summed E-state index contributed by atoms with van der Waals surface area (Å²) in [6.07, 6.45) is 0.406. The molecule has 0 saturated heterocycles. The fraction of sp³-hybridized carbons (Fsp3) is 0.333. The van der Waals surface area contributed by atoms with Crippen LogP contribution in [0.2, 0.25) is 0 Å². The molecule has 0 heterocycles. The van der Waals surface area contributed by atoms with Crippen LogP contribution in [-0.4, -0.2) is 24.1 Å². The van der Waals surface area contributed by atoms with Crippen molar-refractivity contribution in [3.05, 3.63) is 59.7 Å². The Bertz CT molecular complexity index is 821. The Kier molecular flexibility index (Phi) is 5.64. The molecule has 3 rings (SSSR count). The summed E-state index contributed by atoms with van der Waals surface area (Å²) in [6.45, 7) is 2.29. The molecule has 1 aliphatic carbocycles. The monoisotopic (exact) mass is 369 g/mol. The summed E-state index contributed by atoms with van der Waals surface area (Å²) in [6, 6.07) is 15.1. The van der Waals surface area contributed by atoms with Gasteiger partial charge in [-0.05, 0) is 36.6 Å². The van der Waals surface area contributed by atoms with E-state index in [1.165, 1.54) is 0 Å². The van der Waals surface area contributed by atoms with E-state index in [9.17, 15) is 9.59 Å². The summed E-state index contributed by atoms with van der Waals surface area (Å²) in [5.41, 5.74) is 1.92. The molecule has 0 radical (unpaired) electrons. The highest BCUT2D eigenvalue weighted by atomic mass is 16.5. The highest BCUT2D eigenvalue weighted by Gasteiger charge is 2.48. The van der Waals surface area contributed by atoms with Gasteiger partial charge in [0.05, 0.1) is 25.0 Å². The number of carboxylic acid groups (broad SMARTS) is 1. The average Bonchev–Trinajstić information content (AvgIpc) is 3.48. The van der Waals surface area contributed by atoms with Crippen molar-refractivity contribution >= 4 is 11.9 Å². The number of benzene rings is 2. The predicted molar refractivity (Wildman–Crippen MR) is 99.6 cm³/mol. The number of carbonyl (C=O) groups excluding carboxylic acids is 1. The van der Waals surface area contributed by atoms with Crippen molar-refractivity contribution in [2.75, 3.05) is 7.11 Å². The van der Waals surface area contributed by atoms with Crippen molar-refractivity contribution in [3.63, 3.8) is 0 Å². The van der Waals surface area contributed by atoms with Crippen molar-refractivity contribution < 1.29 is 24.2 Å². The standard InChI is InChI=1S/C21H23NO5/c1-13(22-20(23)16-11-17(16)21(24)25)15-8-9-18(19(10-15)26-2)27-12-14-6-4-3-5-7-14/h3-10,13,16-17H,11-12H2,1-2H3,(H,22,23)(H,24,25). The van der Waals surface area contributed by atoms with Crippen molar-refractivity contribution in [1.82, 2.24) is 5.32 Å². The van der Waals surface area contributed by atoms with Crippen LogP contribution < -0.4 is 14.8 Å². The summed E-state index contributed by atoms with van der Waals surface area (Å²) in [5.74, 6) is -0.917. The number of amides is 1. The summed E-state index contributed by atoms with van der Waals surface area (Å²) < 4.78 is 11.3. The number of ether oxygens (including phenoxy) is 2. The minimum atomic E-state index is -0.913. The molecule has 6 nitrogen and oxygen atoms in total. The van der Waals surface area contributed by atoms with Gasteiger partial charge < -0.3 is 19.9 Å². The zero-order chi connectivity index (χ0) is 19.4. The first-order chi connectivity index (χ1) is 13.0. The lowest BCUT2D eigenvalue weighted by Gasteiger charge is -2.17. The summed E-state index contributed by atoms with van der Waals surface area (Å²) in [4.78, 5) is 23.1. The van der Waals surface area contributed by atoms with Gasteiger partial charge in [0.15, 0.2) is 11.5 Å². The molecule has 2 N–H and O–H groups in total. The Morgan fingerprint density at radius 3 is 2.52 bits per heavy atom. The number of carboxylic acids is 1. The molecule has 3 unspecified atom stereocenters. The van der Waals surface area contributed by atoms with E-state index >= 15 is 0 Å². The molecule has 1 amide bonds. The lowest BCUT2D eigenvalue weighted by atomic mass is 10.1. The molecule has 3 atom stereocenters. The minimum absolute atomic E-state index is 0.224. The fourth-order valence-electron chi connectivity index (χ4n) is 2.97. The molecule has 27 heavy (non-hydrogen) atoms. The Labute approximate surface area is 158 Å². The van der Waals surface area contributed by atoms with E-state index < -0.39 is 17.8 Å². The van der Waals surface area contributed by atoms with Crippen molar-refractivity contribution in [2.24, 2.45) is 11.8 Å². The third-order valence-electron chi connectivity index (χ3n) is 4.73. The van der Waals surface area contributed by atoms with Gasteiger partial charge in [0.2, 0.25) is 5.91 Å².